The molecule has 0 amide bonds. The van der Waals surface area contributed by atoms with Crippen molar-refractivity contribution < 1.29 is 4.74 Å². The Balaban J connectivity index is 1.30. The van der Waals surface area contributed by atoms with E-state index in [1.165, 1.54) is 37.7 Å². The van der Waals surface area contributed by atoms with E-state index in [0.717, 1.165) is 48.4 Å². The first-order valence-electron chi connectivity index (χ1n) is 8.71. The van der Waals surface area contributed by atoms with Gasteiger partial charge < -0.3 is 10.1 Å². The molecule has 3 saturated carbocycles. The van der Waals surface area contributed by atoms with Crippen LogP contribution in [-0.4, -0.2) is 19.7 Å². The summed E-state index contributed by atoms with van der Waals surface area (Å²) >= 11 is 0. The third-order valence-electron chi connectivity index (χ3n) is 6.38. The predicted molar refractivity (Wildman–Crippen MR) is 85.5 cm³/mol. The van der Waals surface area contributed by atoms with Crippen LogP contribution in [0.25, 0.3) is 0 Å². The number of ether oxygens (including phenoxy) is 1. The van der Waals surface area contributed by atoms with Crippen LogP contribution in [0, 0.1) is 23.7 Å². The molecule has 1 aromatic carbocycles. The van der Waals surface area contributed by atoms with Gasteiger partial charge in [0.05, 0.1) is 7.11 Å². The minimum atomic E-state index is 0.806. The Bertz CT molecular complexity index is 500. The average molecular weight is 285 g/mol. The molecule has 2 nitrogen and oxygen atoms in total. The first-order chi connectivity index (χ1) is 10.3. The molecule has 2 bridgehead atoms. The fourth-order valence-corrected chi connectivity index (χ4v) is 5.53. The normalized spacial score (nSPS) is 36.9. The molecule has 0 unspecified atom stereocenters. The highest BCUT2D eigenvalue weighted by molar-refractivity contribution is 5.28. The highest BCUT2D eigenvalue weighted by atomic mass is 16.5. The van der Waals surface area contributed by atoms with Gasteiger partial charge in [-0.15, -0.1) is 0 Å². The van der Waals surface area contributed by atoms with Crippen molar-refractivity contribution in [3.05, 3.63) is 29.8 Å². The SMILES string of the molecule is COc1cccc(CCN[C@@H]2C[C@@H]3C[C@H]2[C@@H]2CCC[C@H]32)c1. The van der Waals surface area contributed by atoms with Gasteiger partial charge in [-0.05, 0) is 80.0 Å². The van der Waals surface area contributed by atoms with Gasteiger partial charge in [-0.1, -0.05) is 18.6 Å². The topological polar surface area (TPSA) is 21.3 Å². The lowest BCUT2D eigenvalue weighted by Crippen LogP contribution is -2.40. The van der Waals surface area contributed by atoms with Crippen molar-refractivity contribution in [3.63, 3.8) is 0 Å². The Morgan fingerprint density at radius 1 is 1.14 bits per heavy atom. The Morgan fingerprint density at radius 2 is 2.05 bits per heavy atom. The van der Waals surface area contributed by atoms with Gasteiger partial charge in [-0.2, -0.15) is 0 Å². The molecule has 3 aliphatic rings. The van der Waals surface area contributed by atoms with Gasteiger partial charge in [0.25, 0.3) is 0 Å². The average Bonchev–Trinajstić information content (AvgIpc) is 3.20. The first kappa shape index (κ1) is 13.6. The number of benzene rings is 1. The molecule has 3 fully saturated rings. The van der Waals surface area contributed by atoms with Crippen molar-refractivity contribution in [2.24, 2.45) is 23.7 Å². The third kappa shape index (κ3) is 2.48. The van der Waals surface area contributed by atoms with Crippen LogP contribution in [0.4, 0.5) is 0 Å². The summed E-state index contributed by atoms with van der Waals surface area (Å²) in [7, 11) is 1.74. The second-order valence-electron chi connectivity index (χ2n) is 7.32. The number of fused-ring (bicyclic) bond motifs is 5. The summed E-state index contributed by atoms with van der Waals surface area (Å²) in [4.78, 5) is 0. The largest absolute Gasteiger partial charge is 0.497 e. The Morgan fingerprint density at radius 3 is 2.95 bits per heavy atom. The molecule has 21 heavy (non-hydrogen) atoms. The number of nitrogens with one attached hydrogen (secondary N) is 1. The Hall–Kier alpha value is -1.02. The molecule has 0 aromatic heterocycles. The van der Waals surface area contributed by atoms with E-state index in [0.29, 0.717) is 0 Å². The van der Waals surface area contributed by atoms with Crippen molar-refractivity contribution >= 4 is 0 Å². The van der Waals surface area contributed by atoms with Crippen LogP contribution >= 0.6 is 0 Å². The number of hydrogen-bond donors (Lipinski definition) is 1. The Kier molecular flexibility index (Phi) is 3.66. The fraction of sp³-hybridized carbons (Fsp3) is 0.684. The van der Waals surface area contributed by atoms with E-state index < -0.39 is 0 Å². The standard InChI is InChI=1S/C19H27NO/c1-21-15-5-2-4-13(10-15)8-9-20-19-12-14-11-18(19)17-7-3-6-16(14)17/h2,4-5,10,14,16-20H,3,6-9,11-12H2,1H3/t14-,16+,17+,18-,19+/m0/s1. The van der Waals surface area contributed by atoms with Gasteiger partial charge in [0.1, 0.15) is 5.75 Å². The zero-order valence-electron chi connectivity index (χ0n) is 13.1. The number of rotatable bonds is 5. The smallest absolute Gasteiger partial charge is 0.119 e. The van der Waals surface area contributed by atoms with E-state index in [4.69, 9.17) is 4.74 Å². The van der Waals surface area contributed by atoms with Crippen molar-refractivity contribution in [3.8, 4) is 5.75 Å². The highest BCUT2D eigenvalue weighted by Gasteiger charge is 2.53. The lowest BCUT2D eigenvalue weighted by Gasteiger charge is -2.32. The lowest BCUT2D eigenvalue weighted by molar-refractivity contribution is 0.209. The van der Waals surface area contributed by atoms with Gasteiger partial charge in [-0.25, -0.2) is 0 Å². The summed E-state index contributed by atoms with van der Waals surface area (Å²) < 4.78 is 5.30. The highest BCUT2D eigenvalue weighted by Crippen LogP contribution is 2.58. The van der Waals surface area contributed by atoms with Gasteiger partial charge in [0, 0.05) is 6.04 Å². The summed E-state index contributed by atoms with van der Waals surface area (Å²) in [6.07, 6.45) is 8.62. The maximum absolute atomic E-state index is 5.30. The van der Waals surface area contributed by atoms with Crippen molar-refractivity contribution in [2.75, 3.05) is 13.7 Å². The lowest BCUT2D eigenvalue weighted by atomic mass is 9.79. The van der Waals surface area contributed by atoms with Crippen LogP contribution in [0.5, 0.6) is 5.75 Å². The van der Waals surface area contributed by atoms with Crippen LogP contribution < -0.4 is 10.1 Å². The second-order valence-corrected chi connectivity index (χ2v) is 7.32. The fourth-order valence-electron chi connectivity index (χ4n) is 5.53. The molecule has 3 aliphatic carbocycles. The molecule has 0 aliphatic heterocycles. The molecular weight excluding hydrogens is 258 g/mol. The van der Waals surface area contributed by atoms with Crippen LogP contribution in [0.15, 0.2) is 24.3 Å². The molecule has 2 heteroatoms. The number of hydrogen-bond acceptors (Lipinski definition) is 2. The molecule has 0 heterocycles. The van der Waals surface area contributed by atoms with E-state index in [-0.39, 0.29) is 0 Å². The van der Waals surface area contributed by atoms with Gasteiger partial charge in [0.15, 0.2) is 0 Å². The zero-order valence-corrected chi connectivity index (χ0v) is 13.1. The summed E-state index contributed by atoms with van der Waals surface area (Å²) in [6.45, 7) is 1.11. The molecule has 5 atom stereocenters. The Labute approximate surface area is 128 Å². The quantitative estimate of drug-likeness (QED) is 0.891. The molecule has 114 valence electrons. The monoisotopic (exact) mass is 285 g/mol. The predicted octanol–water partition coefficient (Wildman–Crippen LogP) is 3.65. The van der Waals surface area contributed by atoms with Gasteiger partial charge >= 0.3 is 0 Å². The van der Waals surface area contributed by atoms with Crippen LogP contribution in [0.1, 0.15) is 37.7 Å². The van der Waals surface area contributed by atoms with E-state index in [1.54, 1.807) is 7.11 Å². The van der Waals surface area contributed by atoms with Crippen LogP contribution in [0.3, 0.4) is 0 Å². The summed E-state index contributed by atoms with van der Waals surface area (Å²) in [5, 5.41) is 3.87. The third-order valence-corrected chi connectivity index (χ3v) is 6.38. The molecule has 0 saturated heterocycles. The maximum atomic E-state index is 5.30. The molecule has 1 aromatic rings. The summed E-state index contributed by atoms with van der Waals surface area (Å²) in [6, 6.07) is 9.29. The summed E-state index contributed by atoms with van der Waals surface area (Å²) in [5.41, 5.74) is 1.38. The first-order valence-corrected chi connectivity index (χ1v) is 8.71. The number of methoxy groups -OCH3 is 1. The van der Waals surface area contributed by atoms with Crippen molar-refractivity contribution in [1.82, 2.24) is 5.32 Å². The minimum Gasteiger partial charge on any atom is -0.497 e. The van der Waals surface area contributed by atoms with E-state index >= 15 is 0 Å². The maximum Gasteiger partial charge on any atom is 0.119 e. The van der Waals surface area contributed by atoms with Crippen molar-refractivity contribution in [2.45, 2.75) is 44.6 Å². The zero-order chi connectivity index (χ0) is 14.2. The molecule has 0 radical (unpaired) electrons. The molecule has 4 rings (SSSR count). The second kappa shape index (κ2) is 5.64. The van der Waals surface area contributed by atoms with E-state index in [2.05, 4.69) is 23.5 Å². The van der Waals surface area contributed by atoms with Gasteiger partial charge in [0.2, 0.25) is 0 Å². The van der Waals surface area contributed by atoms with E-state index in [9.17, 15) is 0 Å². The van der Waals surface area contributed by atoms with Crippen molar-refractivity contribution in [1.29, 1.82) is 0 Å². The molecule has 0 spiro atoms. The van der Waals surface area contributed by atoms with Gasteiger partial charge in [-0.3, -0.25) is 0 Å². The summed E-state index contributed by atoms with van der Waals surface area (Å²) in [5.74, 6) is 5.19. The minimum absolute atomic E-state index is 0.806. The molecule has 1 N–H and O–H groups in total. The van der Waals surface area contributed by atoms with Crippen LogP contribution in [0.2, 0.25) is 0 Å². The van der Waals surface area contributed by atoms with E-state index in [1.807, 2.05) is 6.07 Å². The van der Waals surface area contributed by atoms with Crippen LogP contribution in [-0.2, 0) is 6.42 Å². The molecular formula is C19H27NO.